The van der Waals surface area contributed by atoms with Crippen molar-refractivity contribution in [1.82, 2.24) is 9.47 Å². The molecule has 2 atom stereocenters. The highest BCUT2D eigenvalue weighted by Gasteiger charge is 2.34. The summed E-state index contributed by atoms with van der Waals surface area (Å²) in [5.41, 5.74) is 1.20. The zero-order chi connectivity index (χ0) is 13.4. The summed E-state index contributed by atoms with van der Waals surface area (Å²) in [5, 5.41) is 0. The summed E-state index contributed by atoms with van der Waals surface area (Å²) in [4.78, 5) is 25.4. The topological polar surface area (TPSA) is 51.5 Å². The lowest BCUT2D eigenvalue weighted by atomic mass is 9.83. The highest BCUT2D eigenvalue weighted by molar-refractivity contribution is 5.71. The molecule has 0 N–H and O–H groups in total. The fourth-order valence-corrected chi connectivity index (χ4v) is 3.37. The van der Waals surface area contributed by atoms with Crippen LogP contribution in [0.3, 0.4) is 0 Å². The third kappa shape index (κ3) is 2.30. The van der Waals surface area contributed by atoms with Crippen LogP contribution in [-0.4, -0.2) is 42.2 Å². The van der Waals surface area contributed by atoms with Crippen LogP contribution in [0.4, 0.5) is 0 Å². The molecule has 0 radical (unpaired) electrons. The zero-order valence-corrected chi connectivity index (χ0v) is 11.0. The Kier molecular flexibility index (Phi) is 3.14. The molecule has 0 aliphatic carbocycles. The number of methoxy groups -OCH3 is 1. The van der Waals surface area contributed by atoms with Crippen molar-refractivity contribution in [3.05, 3.63) is 34.2 Å². The van der Waals surface area contributed by atoms with Crippen molar-refractivity contribution >= 4 is 5.97 Å². The Hall–Kier alpha value is -1.62. The van der Waals surface area contributed by atoms with Gasteiger partial charge < -0.3 is 9.30 Å². The Morgan fingerprint density at radius 1 is 1.37 bits per heavy atom. The SMILES string of the molecule is COC(=O)CN1C[C@H]2C[C@@H](C1)c1cccc(=O)n1C2. The summed E-state index contributed by atoms with van der Waals surface area (Å²) in [6, 6.07) is 5.48. The van der Waals surface area contributed by atoms with Gasteiger partial charge in [-0.3, -0.25) is 14.5 Å². The van der Waals surface area contributed by atoms with E-state index >= 15 is 0 Å². The van der Waals surface area contributed by atoms with Crippen molar-refractivity contribution in [1.29, 1.82) is 0 Å². The second kappa shape index (κ2) is 4.81. The Morgan fingerprint density at radius 2 is 2.21 bits per heavy atom. The molecule has 102 valence electrons. The molecular formula is C14H18N2O3. The Balaban J connectivity index is 1.84. The molecule has 1 fully saturated rings. The molecule has 3 heterocycles. The molecule has 0 amide bonds. The van der Waals surface area contributed by atoms with Gasteiger partial charge in [-0.15, -0.1) is 0 Å². The van der Waals surface area contributed by atoms with Crippen LogP contribution < -0.4 is 5.56 Å². The fourth-order valence-electron chi connectivity index (χ4n) is 3.37. The highest BCUT2D eigenvalue weighted by Crippen LogP contribution is 2.34. The van der Waals surface area contributed by atoms with Crippen LogP contribution in [0.2, 0.25) is 0 Å². The van der Waals surface area contributed by atoms with Gasteiger partial charge in [0.1, 0.15) is 0 Å². The number of aromatic nitrogens is 1. The minimum atomic E-state index is -0.189. The molecule has 0 spiro atoms. The second-order valence-corrected chi connectivity index (χ2v) is 5.47. The number of hydrogen-bond acceptors (Lipinski definition) is 4. The lowest BCUT2D eigenvalue weighted by molar-refractivity contribution is -0.142. The number of ether oxygens (including phenoxy) is 1. The van der Waals surface area contributed by atoms with Crippen molar-refractivity contribution < 1.29 is 9.53 Å². The molecule has 1 aromatic heterocycles. The summed E-state index contributed by atoms with van der Waals surface area (Å²) >= 11 is 0. The van der Waals surface area contributed by atoms with E-state index in [0.29, 0.717) is 18.4 Å². The van der Waals surface area contributed by atoms with Crippen molar-refractivity contribution in [2.75, 3.05) is 26.7 Å². The second-order valence-electron chi connectivity index (χ2n) is 5.47. The lowest BCUT2D eigenvalue weighted by Crippen LogP contribution is -2.48. The molecule has 2 aliphatic heterocycles. The van der Waals surface area contributed by atoms with Gasteiger partial charge in [-0.2, -0.15) is 0 Å². The van der Waals surface area contributed by atoms with Crippen LogP contribution in [0.15, 0.2) is 23.0 Å². The quantitative estimate of drug-likeness (QED) is 0.726. The van der Waals surface area contributed by atoms with Crippen LogP contribution in [0, 0.1) is 5.92 Å². The van der Waals surface area contributed by atoms with Crippen molar-refractivity contribution in [2.45, 2.75) is 18.9 Å². The molecule has 0 saturated carbocycles. The molecule has 5 nitrogen and oxygen atoms in total. The average Bonchev–Trinajstić information content (AvgIpc) is 2.40. The van der Waals surface area contributed by atoms with Crippen molar-refractivity contribution in [3.63, 3.8) is 0 Å². The summed E-state index contributed by atoms with van der Waals surface area (Å²) in [7, 11) is 1.42. The minimum absolute atomic E-state index is 0.0913. The smallest absolute Gasteiger partial charge is 0.319 e. The minimum Gasteiger partial charge on any atom is -0.468 e. The maximum Gasteiger partial charge on any atom is 0.319 e. The maximum atomic E-state index is 11.9. The standard InChI is InChI=1S/C14H18N2O3/c1-19-14(18)9-15-6-10-5-11(8-15)12-3-2-4-13(17)16(12)7-10/h2-4,10-11H,5-9H2,1H3/t10-,11+/m1/s1. The monoisotopic (exact) mass is 262 g/mol. The van der Waals surface area contributed by atoms with Gasteiger partial charge in [0.15, 0.2) is 0 Å². The van der Waals surface area contributed by atoms with Gasteiger partial charge in [0.2, 0.25) is 0 Å². The number of hydrogen-bond donors (Lipinski definition) is 0. The summed E-state index contributed by atoms with van der Waals surface area (Å²) in [6.07, 6.45) is 1.11. The van der Waals surface area contributed by atoms with Gasteiger partial charge in [0.25, 0.3) is 5.56 Å². The van der Waals surface area contributed by atoms with E-state index in [4.69, 9.17) is 4.74 Å². The molecule has 1 aromatic rings. The molecule has 3 rings (SSSR count). The number of rotatable bonds is 2. The number of carbonyl (C=O) groups excluding carboxylic acids is 1. The molecule has 5 heteroatoms. The van der Waals surface area contributed by atoms with E-state index < -0.39 is 0 Å². The Morgan fingerprint density at radius 3 is 3.00 bits per heavy atom. The maximum absolute atomic E-state index is 11.9. The first kappa shape index (κ1) is 12.4. The lowest BCUT2D eigenvalue weighted by Gasteiger charge is -2.42. The first-order valence-electron chi connectivity index (χ1n) is 6.66. The van der Waals surface area contributed by atoms with Crippen molar-refractivity contribution in [3.8, 4) is 0 Å². The van der Waals surface area contributed by atoms with E-state index in [1.54, 1.807) is 6.07 Å². The van der Waals surface area contributed by atoms with Crippen molar-refractivity contribution in [2.24, 2.45) is 5.92 Å². The van der Waals surface area contributed by atoms with Crippen LogP contribution in [0.1, 0.15) is 18.0 Å². The Bertz CT molecular complexity index is 552. The number of nitrogens with zero attached hydrogens (tertiary/aromatic N) is 2. The van der Waals surface area contributed by atoms with E-state index in [1.807, 2.05) is 16.7 Å². The normalized spacial score (nSPS) is 25.7. The largest absolute Gasteiger partial charge is 0.468 e. The Labute approximate surface area is 111 Å². The van der Waals surface area contributed by atoms with E-state index in [9.17, 15) is 9.59 Å². The molecule has 1 saturated heterocycles. The number of carbonyl (C=O) groups is 1. The van der Waals surface area contributed by atoms with Crippen LogP contribution in [0.25, 0.3) is 0 Å². The summed E-state index contributed by atoms with van der Waals surface area (Å²) in [5.74, 6) is 0.618. The highest BCUT2D eigenvalue weighted by atomic mass is 16.5. The van der Waals surface area contributed by atoms with Crippen LogP contribution in [0.5, 0.6) is 0 Å². The molecule has 0 unspecified atom stereocenters. The molecule has 2 bridgehead atoms. The predicted octanol–water partition coefficient (Wildman–Crippen LogP) is 0.440. The van der Waals surface area contributed by atoms with Gasteiger partial charge >= 0.3 is 5.97 Å². The first-order valence-corrected chi connectivity index (χ1v) is 6.66. The predicted molar refractivity (Wildman–Crippen MR) is 70.0 cm³/mol. The van der Waals surface area contributed by atoms with Gasteiger partial charge in [-0.1, -0.05) is 6.07 Å². The number of fused-ring (bicyclic) bond motifs is 4. The molecule has 0 aromatic carbocycles. The van der Waals surface area contributed by atoms with Crippen LogP contribution in [-0.2, 0) is 16.1 Å². The first-order chi connectivity index (χ1) is 9.17. The fraction of sp³-hybridized carbons (Fsp3) is 0.571. The molecule has 19 heavy (non-hydrogen) atoms. The van der Waals surface area contributed by atoms with E-state index in [2.05, 4.69) is 4.90 Å². The molecule has 2 aliphatic rings. The average molecular weight is 262 g/mol. The molecular weight excluding hydrogens is 244 g/mol. The number of likely N-dealkylation sites (tertiary alicyclic amines) is 1. The van der Waals surface area contributed by atoms with E-state index in [0.717, 1.165) is 31.7 Å². The zero-order valence-electron chi connectivity index (χ0n) is 11.0. The summed E-state index contributed by atoms with van der Waals surface area (Å²) < 4.78 is 6.63. The number of pyridine rings is 1. The van der Waals surface area contributed by atoms with E-state index in [-0.39, 0.29) is 11.5 Å². The van der Waals surface area contributed by atoms with Gasteiger partial charge in [0, 0.05) is 37.3 Å². The van der Waals surface area contributed by atoms with Gasteiger partial charge in [0.05, 0.1) is 13.7 Å². The van der Waals surface area contributed by atoms with Crippen LogP contribution >= 0.6 is 0 Å². The number of esters is 1. The van der Waals surface area contributed by atoms with E-state index in [1.165, 1.54) is 7.11 Å². The van der Waals surface area contributed by atoms with Gasteiger partial charge in [-0.25, -0.2) is 0 Å². The third-order valence-corrected chi connectivity index (χ3v) is 4.14. The van der Waals surface area contributed by atoms with Gasteiger partial charge in [-0.05, 0) is 18.4 Å². The third-order valence-electron chi connectivity index (χ3n) is 4.14. The number of piperidine rings is 1. The summed E-state index contributed by atoms with van der Waals surface area (Å²) in [6.45, 7) is 2.81.